The van der Waals surface area contributed by atoms with Crippen LogP contribution in [0.15, 0.2) is 133 Å². The first-order valence-corrected chi connectivity index (χ1v) is 19.1. The van der Waals surface area contributed by atoms with Crippen molar-refractivity contribution in [3.8, 4) is 11.8 Å². The second-order valence-electron chi connectivity index (χ2n) is 13.9. The first-order chi connectivity index (χ1) is 30.0. The van der Waals surface area contributed by atoms with Gasteiger partial charge in [-0.05, 0) is 51.3 Å². The Morgan fingerprint density at radius 1 is 0.516 bits per heavy atom. The number of H-pyrrole nitrogens is 1. The van der Waals surface area contributed by atoms with Gasteiger partial charge in [0.1, 0.15) is 5.52 Å². The molecule has 6 aromatic heterocycles. The monoisotopic (exact) mass is 835 g/mol. The summed E-state index contributed by atoms with van der Waals surface area (Å²) in [5.74, 6) is 1.08. The Morgan fingerprint density at radius 3 is 1.50 bits per heavy atom. The smallest absolute Gasteiger partial charge is 0.481 e. The lowest BCUT2D eigenvalue weighted by atomic mass is 9.80. The largest absolute Gasteiger partial charge is 0.488 e. The van der Waals surface area contributed by atoms with Crippen molar-refractivity contribution in [2.45, 2.75) is 19.6 Å². The van der Waals surface area contributed by atoms with Crippen LogP contribution in [0, 0.1) is 0 Å². The summed E-state index contributed by atoms with van der Waals surface area (Å²) >= 11 is 0. The molecule has 0 amide bonds. The van der Waals surface area contributed by atoms with Crippen molar-refractivity contribution in [3.05, 3.63) is 155 Å². The van der Waals surface area contributed by atoms with Crippen molar-refractivity contribution in [1.82, 2.24) is 43.6 Å². The number of rotatable bonds is 11. The van der Waals surface area contributed by atoms with Gasteiger partial charge in [0.25, 0.3) is 0 Å². The second-order valence-corrected chi connectivity index (χ2v) is 13.9. The molecule has 0 fully saturated rings. The van der Waals surface area contributed by atoms with Crippen LogP contribution in [0.5, 0.6) is 11.8 Å². The van der Waals surface area contributed by atoms with E-state index in [1.54, 1.807) is 87.8 Å². The summed E-state index contributed by atoms with van der Waals surface area (Å²) in [5, 5.41) is 54.4. The summed E-state index contributed by atoms with van der Waals surface area (Å²) in [6.07, 6.45) is 5.12. The molecular weight excluding hydrogens is 795 g/mol. The lowest BCUT2D eigenvalue weighted by Gasteiger charge is -2.06. The average Bonchev–Trinajstić information content (AvgIpc) is 4.00. The lowest BCUT2D eigenvalue weighted by Crippen LogP contribution is -2.29. The fourth-order valence-corrected chi connectivity index (χ4v) is 6.40. The second kappa shape index (κ2) is 19.5. The van der Waals surface area contributed by atoms with Gasteiger partial charge in [0.2, 0.25) is 17.3 Å². The summed E-state index contributed by atoms with van der Waals surface area (Å²) in [5.41, 5.74) is 8.78. The van der Waals surface area contributed by atoms with Gasteiger partial charge in [-0.15, -0.1) is 0 Å². The fourth-order valence-electron chi connectivity index (χ4n) is 6.40. The number of hydrogen-bond donors (Lipinski definition) is 7. The zero-order chi connectivity index (χ0) is 43.8. The van der Waals surface area contributed by atoms with E-state index in [0.29, 0.717) is 59.1 Å². The molecule has 9 rings (SSSR count). The molecular formula is C41H40B3N9O9. The molecule has 0 aliphatic heterocycles. The van der Waals surface area contributed by atoms with Gasteiger partial charge in [0.05, 0.1) is 50.8 Å². The molecule has 0 saturated heterocycles. The van der Waals surface area contributed by atoms with E-state index in [9.17, 15) is 4.79 Å². The van der Waals surface area contributed by atoms with Crippen molar-refractivity contribution in [3.63, 3.8) is 0 Å². The highest BCUT2D eigenvalue weighted by molar-refractivity contribution is 6.59. The topological polar surface area (TPSA) is 252 Å². The number of fused-ring (bicyclic) bond motifs is 3. The number of imidazole rings is 3. The van der Waals surface area contributed by atoms with Crippen LogP contribution < -0.4 is 31.4 Å². The Bertz CT molecular complexity index is 2940. The van der Waals surface area contributed by atoms with Gasteiger partial charge >= 0.3 is 21.4 Å². The van der Waals surface area contributed by atoms with E-state index in [1.807, 2.05) is 62.2 Å². The number of aromatic amines is 1. The SMILES string of the molecule is COc1ccc2c(ncn2Cc2ccc(B(O)O)cc2)n1.COc1ccc2ncn(Cc3ccc(B(O)O)cc3)c2n1.O=c1ccc2c(ncn2Cc2ccc(B(O)O)cc2)[nH]1. The number of aromatic nitrogens is 9. The van der Waals surface area contributed by atoms with E-state index in [2.05, 4.69) is 29.9 Å². The minimum absolute atomic E-state index is 0.177. The quantitative estimate of drug-likeness (QED) is 0.0834. The maximum Gasteiger partial charge on any atom is 0.488 e. The van der Waals surface area contributed by atoms with Crippen LogP contribution in [0.4, 0.5) is 0 Å². The lowest BCUT2D eigenvalue weighted by molar-refractivity contribution is 0.399. The van der Waals surface area contributed by atoms with Crippen molar-refractivity contribution < 1.29 is 39.6 Å². The van der Waals surface area contributed by atoms with Gasteiger partial charge in [-0.3, -0.25) is 4.79 Å². The molecule has 0 unspecified atom stereocenters. The zero-order valence-electron chi connectivity index (χ0n) is 33.5. The summed E-state index contributed by atoms with van der Waals surface area (Å²) in [6, 6.07) is 31.7. The van der Waals surface area contributed by atoms with Crippen LogP contribution in [0.3, 0.4) is 0 Å². The number of hydrogen-bond acceptors (Lipinski definition) is 14. The molecule has 9 aromatic rings. The maximum absolute atomic E-state index is 11.2. The van der Waals surface area contributed by atoms with Gasteiger partial charge in [0.15, 0.2) is 16.9 Å². The van der Waals surface area contributed by atoms with Crippen LogP contribution in [-0.4, -0.2) is 109 Å². The minimum atomic E-state index is -1.46. The van der Waals surface area contributed by atoms with Crippen LogP contribution in [-0.2, 0) is 19.6 Å². The molecule has 18 nitrogen and oxygen atoms in total. The first kappa shape index (κ1) is 43.0. The molecule has 0 atom stereocenters. The van der Waals surface area contributed by atoms with Crippen molar-refractivity contribution in [2.24, 2.45) is 0 Å². The minimum Gasteiger partial charge on any atom is -0.481 e. The van der Waals surface area contributed by atoms with Gasteiger partial charge < -0.3 is 58.3 Å². The molecule has 62 heavy (non-hydrogen) atoms. The van der Waals surface area contributed by atoms with Crippen LogP contribution >= 0.6 is 0 Å². The van der Waals surface area contributed by atoms with E-state index in [-0.39, 0.29) is 5.56 Å². The van der Waals surface area contributed by atoms with Crippen LogP contribution in [0.25, 0.3) is 33.5 Å². The Kier molecular flexibility index (Phi) is 13.5. The van der Waals surface area contributed by atoms with Gasteiger partial charge in [-0.25, -0.2) is 15.0 Å². The van der Waals surface area contributed by atoms with E-state index in [1.165, 1.54) is 6.07 Å². The Balaban J connectivity index is 0.000000140. The van der Waals surface area contributed by atoms with Gasteiger partial charge in [-0.2, -0.15) is 9.97 Å². The third-order valence-corrected chi connectivity index (χ3v) is 9.72. The molecule has 0 radical (unpaired) electrons. The van der Waals surface area contributed by atoms with Crippen molar-refractivity contribution in [2.75, 3.05) is 14.2 Å². The average molecular weight is 835 g/mol. The number of nitrogens with one attached hydrogen (secondary N) is 1. The summed E-state index contributed by atoms with van der Waals surface area (Å²) in [6.45, 7) is 1.81. The molecule has 0 aliphatic carbocycles. The fraction of sp³-hybridized carbons (Fsp3) is 0.122. The molecule has 6 heterocycles. The molecule has 0 saturated carbocycles. The summed E-state index contributed by atoms with van der Waals surface area (Å²) in [4.78, 5) is 35.2. The van der Waals surface area contributed by atoms with Crippen LogP contribution in [0.1, 0.15) is 16.7 Å². The third-order valence-electron chi connectivity index (χ3n) is 9.72. The third kappa shape index (κ3) is 10.4. The number of benzene rings is 3. The molecule has 0 bridgehead atoms. The molecule has 3 aromatic carbocycles. The summed E-state index contributed by atoms with van der Waals surface area (Å²) < 4.78 is 16.0. The number of methoxy groups -OCH3 is 2. The molecule has 7 N–H and O–H groups in total. The first-order valence-electron chi connectivity index (χ1n) is 19.1. The summed E-state index contributed by atoms with van der Waals surface area (Å²) in [7, 11) is -1.19. The Morgan fingerprint density at radius 2 is 0.968 bits per heavy atom. The maximum atomic E-state index is 11.2. The van der Waals surface area contributed by atoms with Crippen molar-refractivity contribution in [1.29, 1.82) is 0 Å². The zero-order valence-corrected chi connectivity index (χ0v) is 33.5. The predicted molar refractivity (Wildman–Crippen MR) is 235 cm³/mol. The Hall–Kier alpha value is -7.13. The number of pyridine rings is 3. The molecule has 0 aliphatic rings. The van der Waals surface area contributed by atoms with E-state index in [0.717, 1.165) is 38.9 Å². The molecule has 21 heteroatoms. The van der Waals surface area contributed by atoms with Gasteiger partial charge in [-0.1, -0.05) is 72.8 Å². The molecule has 0 spiro atoms. The standard InChI is InChI=1S/2C14H14BN3O3.C13H12BN3O3/c1-21-13-7-6-12-14(17-13)16-9-18(12)8-10-2-4-11(5-3-10)15(19)20;1-21-13-7-6-12-14(17-13)18(9-16-12)8-10-2-4-11(5-3-10)15(19)20;18-12-6-5-11-13(16-12)15-8-17(11)7-9-1-3-10(4-2-9)14(19)20/h2*2-7,9,19-20H,8H2,1H3;1-6,8,19-20H,7H2,(H,16,18). The van der Waals surface area contributed by atoms with Crippen LogP contribution in [0.2, 0.25) is 0 Å². The highest BCUT2D eigenvalue weighted by atomic mass is 16.5. The predicted octanol–water partition coefficient (Wildman–Crippen LogP) is -0.211. The highest BCUT2D eigenvalue weighted by Crippen LogP contribution is 2.18. The normalized spacial score (nSPS) is 10.8. The Labute approximate surface area is 354 Å². The highest BCUT2D eigenvalue weighted by Gasteiger charge is 2.13. The van der Waals surface area contributed by atoms with E-state index >= 15 is 0 Å². The van der Waals surface area contributed by atoms with E-state index in [4.69, 9.17) is 39.6 Å². The number of ether oxygens (including phenoxy) is 2. The van der Waals surface area contributed by atoms with Gasteiger partial charge in [0, 0.05) is 31.3 Å². The van der Waals surface area contributed by atoms with E-state index < -0.39 is 21.4 Å². The number of nitrogens with zero attached hydrogens (tertiary/aromatic N) is 8. The molecule has 312 valence electrons. The van der Waals surface area contributed by atoms with Crippen molar-refractivity contribution >= 4 is 71.2 Å².